The second-order valence-corrected chi connectivity index (χ2v) is 21.1. The van der Waals surface area contributed by atoms with E-state index in [1.807, 2.05) is 73.5 Å². The van der Waals surface area contributed by atoms with Gasteiger partial charge in [-0.1, -0.05) is 62.4 Å². The van der Waals surface area contributed by atoms with Gasteiger partial charge in [-0.2, -0.15) is 0 Å². The highest BCUT2D eigenvalue weighted by Gasteiger charge is 2.80. The van der Waals surface area contributed by atoms with Crippen LogP contribution >= 0.6 is 0 Å². The number of anilines is 1. The zero-order chi connectivity index (χ0) is 49.8. The number of likely N-dealkylation sites (N-methyl/N-ethyl adjacent to an activating group) is 1. The molecule has 1 aliphatic carbocycles. The second kappa shape index (κ2) is 16.9. The molecule has 2 aromatic heterocycles. The summed E-state index contributed by atoms with van der Waals surface area (Å²) in [6.45, 7) is 8.67. The van der Waals surface area contributed by atoms with E-state index in [1.54, 1.807) is 13.3 Å². The Kier molecular flexibility index (Phi) is 11.2. The quantitative estimate of drug-likeness (QED) is 0.0896. The first-order valence-corrected chi connectivity index (χ1v) is 25.1. The molecule has 3 N–H and O–H groups in total. The lowest BCUT2D eigenvalue weighted by molar-refractivity contribution is -0.228. The number of rotatable bonds is 9. The van der Waals surface area contributed by atoms with Crippen molar-refractivity contribution in [1.82, 2.24) is 25.1 Å². The largest absolute Gasteiger partial charge is 0.496 e. The first-order valence-electron chi connectivity index (χ1n) is 25.1. The van der Waals surface area contributed by atoms with Crippen LogP contribution in [0.2, 0.25) is 0 Å². The zero-order valence-corrected chi connectivity index (χ0v) is 41.7. The Balaban J connectivity index is 1.12. The molecule has 2 bridgehead atoms. The molecule has 5 aromatic rings. The number of carbonyl (C=O) groups excluding carboxylic acids is 4. The standard InChI is InChI=1S/C56H64N6O9/c1-8-52(59-46(64)36-25-35-15-10-12-17-41(35)57-30-36)28-34-29-55(50(65)69-6,45-38(19-23-61(31-34)32-52)37-16-11-13-18-42(37)58-45)40-26-39-43(27-44(40)68-5)60(4)48-54(39)21-24-62-22-14-20-53(9-2,47(54)62)49(71-33(3)63)56(48,67)51(66)70-7/h10-18,20,25-27,30,34,47-49,58,67H,8-9,19,21-24,28-29,31-32H2,1-7H3,(H,59,64)/t34-,47+,48-,49-,52+,53-,54-,55+,56+/m1/s1. The molecule has 6 aliphatic rings. The van der Waals surface area contributed by atoms with Crippen molar-refractivity contribution in [3.8, 4) is 5.75 Å². The molecule has 2 saturated heterocycles. The summed E-state index contributed by atoms with van der Waals surface area (Å²) in [6, 6.07) is 20.6. The van der Waals surface area contributed by atoms with Crippen molar-refractivity contribution in [2.24, 2.45) is 11.3 Å². The third-order valence-electron chi connectivity index (χ3n) is 17.9. The van der Waals surface area contributed by atoms with Crippen LogP contribution in [0.5, 0.6) is 5.75 Å². The third kappa shape index (κ3) is 6.53. The molecule has 15 nitrogen and oxygen atoms in total. The van der Waals surface area contributed by atoms with Gasteiger partial charge in [-0.05, 0) is 86.4 Å². The molecule has 3 aromatic carbocycles. The van der Waals surface area contributed by atoms with Crippen LogP contribution in [0, 0.1) is 11.3 Å². The predicted octanol–water partition coefficient (Wildman–Crippen LogP) is 5.98. The third-order valence-corrected chi connectivity index (χ3v) is 17.9. The Morgan fingerprint density at radius 1 is 0.915 bits per heavy atom. The number of H-pyrrole nitrogens is 1. The van der Waals surface area contributed by atoms with Gasteiger partial charge in [-0.15, -0.1) is 0 Å². The van der Waals surface area contributed by atoms with Crippen LogP contribution in [0.3, 0.4) is 0 Å². The fourth-order valence-corrected chi connectivity index (χ4v) is 15.2. The van der Waals surface area contributed by atoms with E-state index in [4.69, 9.17) is 18.9 Å². The van der Waals surface area contributed by atoms with Crippen LogP contribution in [-0.4, -0.2) is 139 Å². The van der Waals surface area contributed by atoms with E-state index in [-0.39, 0.29) is 17.9 Å². The molecule has 3 fully saturated rings. The summed E-state index contributed by atoms with van der Waals surface area (Å²) in [4.78, 5) is 73.1. The number of hydrogen-bond donors (Lipinski definition) is 3. The topological polar surface area (TPSA) is 176 Å². The number of esters is 3. The summed E-state index contributed by atoms with van der Waals surface area (Å²) in [5, 5.41) is 18.9. The number of aromatic amines is 1. The maximum absolute atomic E-state index is 15.8. The van der Waals surface area contributed by atoms with Crippen LogP contribution in [0.25, 0.3) is 21.8 Å². The number of ether oxygens (including phenoxy) is 4. The molecule has 10 atom stereocenters. The number of carbonyl (C=O) groups is 4. The van der Waals surface area contributed by atoms with Gasteiger partial charge in [-0.3, -0.25) is 24.3 Å². The number of aromatic nitrogens is 2. The van der Waals surface area contributed by atoms with Crippen molar-refractivity contribution >= 4 is 51.3 Å². The Hall–Kier alpha value is -6.29. The van der Waals surface area contributed by atoms with Gasteiger partial charge < -0.3 is 44.2 Å². The number of pyridine rings is 1. The Morgan fingerprint density at radius 2 is 1.69 bits per heavy atom. The minimum absolute atomic E-state index is 0.150. The molecular weight excluding hydrogens is 901 g/mol. The molecular formula is C56H64N6O9. The summed E-state index contributed by atoms with van der Waals surface area (Å²) >= 11 is 0. The molecule has 1 saturated carbocycles. The van der Waals surface area contributed by atoms with E-state index in [0.29, 0.717) is 88.1 Å². The van der Waals surface area contributed by atoms with E-state index in [0.717, 1.165) is 44.3 Å². The van der Waals surface area contributed by atoms with Crippen molar-refractivity contribution in [3.63, 3.8) is 0 Å². The van der Waals surface area contributed by atoms with Crippen LogP contribution in [0.15, 0.2) is 85.1 Å². The minimum atomic E-state index is -2.34. The number of nitrogens with one attached hydrogen (secondary N) is 2. The fraction of sp³-hybridized carbons (Fsp3) is 0.482. The van der Waals surface area contributed by atoms with Crippen molar-refractivity contribution in [1.29, 1.82) is 0 Å². The average Bonchev–Trinajstić information content (AvgIpc) is 4.05. The van der Waals surface area contributed by atoms with Gasteiger partial charge in [0, 0.05) is 103 Å². The highest BCUT2D eigenvalue weighted by Crippen LogP contribution is 2.68. The normalized spacial score (nSPS) is 32.6. The lowest BCUT2D eigenvalue weighted by Gasteiger charge is -2.63. The number of piperidine rings is 1. The van der Waals surface area contributed by atoms with E-state index >= 15 is 4.79 Å². The van der Waals surface area contributed by atoms with Gasteiger partial charge in [0.15, 0.2) is 6.10 Å². The molecule has 1 amide bonds. The summed E-state index contributed by atoms with van der Waals surface area (Å²) < 4.78 is 24.3. The monoisotopic (exact) mass is 964 g/mol. The number of para-hydroxylation sites is 2. The maximum Gasteiger partial charge on any atom is 0.344 e. The number of hydrogen-bond acceptors (Lipinski definition) is 13. The second-order valence-electron chi connectivity index (χ2n) is 21.1. The highest BCUT2D eigenvalue weighted by molar-refractivity contribution is 5.98. The molecule has 5 aliphatic heterocycles. The van der Waals surface area contributed by atoms with E-state index < -0.39 is 57.4 Å². The van der Waals surface area contributed by atoms with Gasteiger partial charge >= 0.3 is 17.9 Å². The van der Waals surface area contributed by atoms with Crippen molar-refractivity contribution in [2.45, 2.75) is 99.5 Å². The van der Waals surface area contributed by atoms with Crippen LogP contribution in [0.1, 0.15) is 85.6 Å². The van der Waals surface area contributed by atoms with Crippen LogP contribution < -0.4 is 15.0 Å². The number of fused-ring (bicyclic) bond motifs is 7. The maximum atomic E-state index is 15.8. The van der Waals surface area contributed by atoms with E-state index in [1.165, 1.54) is 21.1 Å². The first-order chi connectivity index (χ1) is 34.2. The number of aliphatic hydroxyl groups is 1. The molecule has 11 rings (SSSR count). The molecule has 71 heavy (non-hydrogen) atoms. The van der Waals surface area contributed by atoms with E-state index in [9.17, 15) is 19.5 Å². The van der Waals surface area contributed by atoms with Gasteiger partial charge in [0.2, 0.25) is 5.60 Å². The lowest BCUT2D eigenvalue weighted by atomic mass is 9.47. The van der Waals surface area contributed by atoms with Crippen LogP contribution in [-0.2, 0) is 45.8 Å². The van der Waals surface area contributed by atoms with Crippen molar-refractivity contribution < 1.29 is 43.2 Å². The zero-order valence-electron chi connectivity index (χ0n) is 41.7. The van der Waals surface area contributed by atoms with Crippen LogP contribution in [0.4, 0.5) is 5.69 Å². The number of nitrogens with zero attached hydrogens (tertiary/aromatic N) is 4. The lowest BCUT2D eigenvalue weighted by Crippen LogP contribution is -2.81. The first kappa shape index (κ1) is 47.1. The molecule has 1 unspecified atom stereocenters. The highest BCUT2D eigenvalue weighted by atomic mass is 16.6. The molecule has 7 heterocycles. The molecule has 15 heteroatoms. The summed E-state index contributed by atoms with van der Waals surface area (Å²) in [6.07, 6.45) is 7.56. The molecule has 0 radical (unpaired) electrons. The van der Waals surface area contributed by atoms with Crippen molar-refractivity contribution in [2.75, 3.05) is 66.0 Å². The van der Waals surface area contributed by atoms with Gasteiger partial charge in [0.05, 0.1) is 44.0 Å². The Labute approximate surface area is 413 Å². The van der Waals surface area contributed by atoms with Gasteiger partial charge in [-0.25, -0.2) is 4.79 Å². The minimum Gasteiger partial charge on any atom is -0.496 e. The SMILES string of the molecule is CC[C@]1(NC(=O)c2cnc3ccccc3c2)C[C@H]2CN(CCc3c([nH]c4ccccc34)[C@@](C(=O)OC)(c3cc4c(cc3OC)N(C)[C@H]3[C@@](O)(C(=O)OC)[C@H](OC(C)=O)[C@]5(CC)C=CCN6CC[C@]43[C@@H]65)C2)C1. The summed E-state index contributed by atoms with van der Waals surface area (Å²) in [7, 11) is 6.16. The fourth-order valence-electron chi connectivity index (χ4n) is 15.2. The summed E-state index contributed by atoms with van der Waals surface area (Å²) in [5.41, 5.74) is -0.365. The van der Waals surface area contributed by atoms with E-state index in [2.05, 4.69) is 56.3 Å². The summed E-state index contributed by atoms with van der Waals surface area (Å²) in [5.74, 6) is -1.88. The van der Waals surface area contributed by atoms with Crippen molar-refractivity contribution in [3.05, 3.63) is 113 Å². The number of amides is 1. The van der Waals surface area contributed by atoms with Gasteiger partial charge in [0.25, 0.3) is 5.91 Å². The average molecular weight is 965 g/mol. The molecule has 372 valence electrons. The smallest absolute Gasteiger partial charge is 0.344 e. The molecule has 1 spiro atoms. The number of benzene rings is 3. The Bertz CT molecular complexity index is 3050. The predicted molar refractivity (Wildman–Crippen MR) is 267 cm³/mol. The Morgan fingerprint density at radius 3 is 2.44 bits per heavy atom. The number of methoxy groups -OCH3 is 3. The van der Waals surface area contributed by atoms with Gasteiger partial charge in [0.1, 0.15) is 11.2 Å².